The van der Waals surface area contributed by atoms with Crippen LogP contribution in [0.2, 0.25) is 0 Å². The Morgan fingerprint density at radius 2 is 1.80 bits per heavy atom. The van der Waals surface area contributed by atoms with Crippen LogP contribution in [-0.4, -0.2) is 62.0 Å². The van der Waals surface area contributed by atoms with Gasteiger partial charge in [0.25, 0.3) is 0 Å². The van der Waals surface area contributed by atoms with Gasteiger partial charge in [-0.25, -0.2) is 0 Å². The number of ether oxygens (including phenoxy) is 2. The van der Waals surface area contributed by atoms with Crippen molar-refractivity contribution in [3.05, 3.63) is 0 Å². The molecule has 3 N–H and O–H groups in total. The predicted molar refractivity (Wildman–Crippen MR) is 79.1 cm³/mol. The minimum atomic E-state index is -0.246. The third kappa shape index (κ3) is 4.61. The lowest BCUT2D eigenvalue weighted by molar-refractivity contribution is -0.00461. The molecule has 0 amide bonds. The molecular weight excluding hydrogens is 258 g/mol. The van der Waals surface area contributed by atoms with E-state index in [2.05, 4.69) is 10.1 Å². The van der Waals surface area contributed by atoms with Crippen LogP contribution in [0.4, 0.5) is 0 Å². The molecule has 0 aromatic rings. The van der Waals surface area contributed by atoms with Gasteiger partial charge in [-0.3, -0.25) is 4.90 Å². The number of likely N-dealkylation sites (tertiary alicyclic amines) is 1. The van der Waals surface area contributed by atoms with Crippen molar-refractivity contribution < 1.29 is 14.7 Å². The van der Waals surface area contributed by atoms with Crippen LogP contribution in [0.5, 0.6) is 0 Å². The van der Waals surface area contributed by atoms with E-state index >= 15 is 0 Å². The molecule has 0 aliphatic carbocycles. The molecule has 0 saturated carbocycles. The molecule has 1 fully saturated rings. The Kier molecular flexibility index (Phi) is 6.71. The minimum absolute atomic E-state index is 0.175. The summed E-state index contributed by atoms with van der Waals surface area (Å²) in [4.78, 5) is 2.37. The number of rotatable bonds is 8. The molecule has 1 aliphatic rings. The van der Waals surface area contributed by atoms with Gasteiger partial charge in [-0.1, -0.05) is 25.4 Å². The Hall–Kier alpha value is -0.850. The lowest BCUT2D eigenvalue weighted by Gasteiger charge is -2.23. The Morgan fingerprint density at radius 1 is 1.25 bits per heavy atom. The number of methoxy groups -OCH3 is 2. The highest BCUT2D eigenvalue weighted by Crippen LogP contribution is 2.24. The van der Waals surface area contributed by atoms with Crippen LogP contribution in [0.3, 0.4) is 0 Å². The van der Waals surface area contributed by atoms with Crippen molar-refractivity contribution in [3.63, 3.8) is 0 Å². The van der Waals surface area contributed by atoms with E-state index in [-0.39, 0.29) is 17.6 Å². The summed E-state index contributed by atoms with van der Waals surface area (Å²) < 4.78 is 10.8. The summed E-state index contributed by atoms with van der Waals surface area (Å²) in [5.41, 5.74) is 5.44. The molecule has 118 valence electrons. The molecule has 1 aliphatic heterocycles. The maximum atomic E-state index is 8.74. The van der Waals surface area contributed by atoms with Crippen LogP contribution < -0.4 is 5.73 Å². The highest BCUT2D eigenvalue weighted by Gasteiger charge is 2.32. The second kappa shape index (κ2) is 7.81. The second-order valence-electron chi connectivity index (χ2n) is 6.13. The summed E-state index contributed by atoms with van der Waals surface area (Å²) in [6.45, 7) is 6.89. The van der Waals surface area contributed by atoms with Crippen molar-refractivity contribution in [1.29, 1.82) is 0 Å². The average Bonchev–Trinajstić information content (AvgIpc) is 2.85. The molecule has 6 heteroatoms. The normalized spacial score (nSPS) is 25.3. The van der Waals surface area contributed by atoms with Gasteiger partial charge in [0.15, 0.2) is 0 Å². The summed E-state index contributed by atoms with van der Waals surface area (Å²) in [6, 6.07) is 0. The highest BCUT2D eigenvalue weighted by molar-refractivity contribution is 5.85. The monoisotopic (exact) mass is 287 g/mol. The van der Waals surface area contributed by atoms with E-state index < -0.39 is 0 Å². The first-order chi connectivity index (χ1) is 9.44. The largest absolute Gasteiger partial charge is 0.409 e. The summed E-state index contributed by atoms with van der Waals surface area (Å²) >= 11 is 0. The molecule has 2 unspecified atom stereocenters. The number of amidine groups is 1. The zero-order chi connectivity index (χ0) is 15.2. The molecule has 6 nitrogen and oxygen atoms in total. The van der Waals surface area contributed by atoms with Crippen LogP contribution in [-0.2, 0) is 9.47 Å². The number of hydrogen-bond acceptors (Lipinski definition) is 5. The molecule has 0 spiro atoms. The molecule has 0 aromatic heterocycles. The van der Waals surface area contributed by atoms with Gasteiger partial charge in [-0.15, -0.1) is 0 Å². The van der Waals surface area contributed by atoms with Crippen LogP contribution in [0.1, 0.15) is 33.1 Å². The summed E-state index contributed by atoms with van der Waals surface area (Å²) in [7, 11) is 3.47. The lowest BCUT2D eigenvalue weighted by atomic mass is 9.86. The highest BCUT2D eigenvalue weighted by atomic mass is 16.5. The Labute approximate surface area is 121 Å². The maximum absolute atomic E-state index is 8.74. The van der Waals surface area contributed by atoms with Gasteiger partial charge >= 0.3 is 0 Å². The van der Waals surface area contributed by atoms with E-state index in [0.29, 0.717) is 5.84 Å². The standard InChI is InChI=1S/C14H29N3O3/c1-14(2,13(15)16-18)7-5-6-8-17-9-11(19-3)12(10-17)20-4/h11-12,18H,5-10H2,1-4H3,(H2,15,16). The van der Waals surface area contributed by atoms with Crippen molar-refractivity contribution in [2.75, 3.05) is 33.9 Å². The van der Waals surface area contributed by atoms with Crippen molar-refractivity contribution in [3.8, 4) is 0 Å². The molecule has 0 aromatic carbocycles. The molecule has 0 radical (unpaired) electrons. The fourth-order valence-electron chi connectivity index (χ4n) is 2.62. The smallest absolute Gasteiger partial charge is 0.144 e. The fraction of sp³-hybridized carbons (Fsp3) is 0.929. The van der Waals surface area contributed by atoms with Crippen LogP contribution in [0.15, 0.2) is 5.16 Å². The van der Waals surface area contributed by atoms with Gasteiger partial charge < -0.3 is 20.4 Å². The van der Waals surface area contributed by atoms with Gasteiger partial charge in [0.05, 0.1) is 12.2 Å². The molecule has 0 bridgehead atoms. The number of nitrogens with two attached hydrogens (primary N) is 1. The zero-order valence-electron chi connectivity index (χ0n) is 13.1. The van der Waals surface area contributed by atoms with E-state index in [4.69, 9.17) is 20.4 Å². The molecule has 1 heterocycles. The molecule has 2 atom stereocenters. The third-order valence-corrected chi connectivity index (χ3v) is 4.22. The summed E-state index contributed by atoms with van der Waals surface area (Å²) in [5.74, 6) is 0.303. The van der Waals surface area contributed by atoms with Gasteiger partial charge in [0.2, 0.25) is 0 Å². The zero-order valence-corrected chi connectivity index (χ0v) is 13.1. The van der Waals surface area contributed by atoms with E-state index in [1.807, 2.05) is 13.8 Å². The Morgan fingerprint density at radius 3 is 2.25 bits per heavy atom. The number of unbranched alkanes of at least 4 members (excludes halogenated alkanes) is 1. The van der Waals surface area contributed by atoms with Crippen LogP contribution >= 0.6 is 0 Å². The van der Waals surface area contributed by atoms with Crippen molar-refractivity contribution >= 4 is 5.84 Å². The topological polar surface area (TPSA) is 80.3 Å². The second-order valence-corrected chi connectivity index (χ2v) is 6.13. The predicted octanol–water partition coefficient (Wildman–Crippen LogP) is 1.27. The van der Waals surface area contributed by atoms with Crippen molar-refractivity contribution in [2.45, 2.75) is 45.3 Å². The van der Waals surface area contributed by atoms with Crippen molar-refractivity contribution in [1.82, 2.24) is 4.90 Å². The summed E-state index contributed by atoms with van der Waals surface area (Å²) in [6.07, 6.45) is 3.41. The fourth-order valence-corrected chi connectivity index (χ4v) is 2.62. The number of hydrogen-bond donors (Lipinski definition) is 2. The first-order valence-electron chi connectivity index (χ1n) is 7.20. The lowest BCUT2D eigenvalue weighted by Crippen LogP contribution is -2.32. The minimum Gasteiger partial charge on any atom is -0.409 e. The van der Waals surface area contributed by atoms with Crippen LogP contribution in [0.25, 0.3) is 0 Å². The Bertz CT molecular complexity index is 309. The third-order valence-electron chi connectivity index (χ3n) is 4.22. The maximum Gasteiger partial charge on any atom is 0.144 e. The molecule has 20 heavy (non-hydrogen) atoms. The van der Waals surface area contributed by atoms with E-state index in [1.165, 1.54) is 0 Å². The van der Waals surface area contributed by atoms with Crippen molar-refractivity contribution in [2.24, 2.45) is 16.3 Å². The average molecular weight is 287 g/mol. The molecule has 1 saturated heterocycles. The van der Waals surface area contributed by atoms with Crippen LogP contribution in [0, 0.1) is 5.41 Å². The van der Waals surface area contributed by atoms with E-state index in [0.717, 1.165) is 38.9 Å². The molecule has 1 rings (SSSR count). The first kappa shape index (κ1) is 17.2. The first-order valence-corrected chi connectivity index (χ1v) is 7.20. The SMILES string of the molecule is COC1CN(CCCCC(C)(C)C(N)=NO)CC1OC. The Balaban J connectivity index is 2.26. The summed E-state index contributed by atoms with van der Waals surface area (Å²) in [5, 5.41) is 11.8. The number of nitrogens with zero attached hydrogens (tertiary/aromatic N) is 2. The van der Waals surface area contributed by atoms with Gasteiger partial charge in [-0.2, -0.15) is 0 Å². The van der Waals surface area contributed by atoms with Gasteiger partial charge in [0, 0.05) is 32.7 Å². The quantitative estimate of drug-likeness (QED) is 0.231. The number of oxime groups is 1. The van der Waals surface area contributed by atoms with E-state index in [1.54, 1.807) is 14.2 Å². The molecular formula is C14H29N3O3. The van der Waals surface area contributed by atoms with Gasteiger partial charge in [-0.05, 0) is 19.4 Å². The van der Waals surface area contributed by atoms with Gasteiger partial charge in [0.1, 0.15) is 5.84 Å². The van der Waals surface area contributed by atoms with E-state index in [9.17, 15) is 0 Å².